The Balaban J connectivity index is 1.36. The highest BCUT2D eigenvalue weighted by Crippen LogP contribution is 2.68. The van der Waals surface area contributed by atoms with Gasteiger partial charge in [0, 0.05) is 42.8 Å². The van der Waals surface area contributed by atoms with Gasteiger partial charge in [0.25, 0.3) is 12.3 Å². The molecule has 1 unspecified atom stereocenters. The van der Waals surface area contributed by atoms with Crippen molar-refractivity contribution in [1.82, 2.24) is 29.9 Å². The van der Waals surface area contributed by atoms with Crippen LogP contribution in [0.3, 0.4) is 0 Å². The first-order chi connectivity index (χ1) is 27.4. The van der Waals surface area contributed by atoms with Gasteiger partial charge in [-0.1, -0.05) is 23.6 Å². The Morgan fingerprint density at radius 1 is 1.07 bits per heavy atom. The van der Waals surface area contributed by atoms with Crippen LogP contribution in [0.4, 0.5) is 32.2 Å². The van der Waals surface area contributed by atoms with E-state index in [0.717, 1.165) is 12.1 Å². The van der Waals surface area contributed by atoms with Gasteiger partial charge in [0.1, 0.15) is 40.9 Å². The molecule has 2 amide bonds. The molecule has 3 aromatic heterocycles. The van der Waals surface area contributed by atoms with Crippen molar-refractivity contribution in [2.45, 2.75) is 69.6 Å². The molecular weight excluding hydrogens is 792 g/mol. The van der Waals surface area contributed by atoms with Crippen molar-refractivity contribution < 1.29 is 45.8 Å². The van der Waals surface area contributed by atoms with E-state index in [4.69, 9.17) is 21.3 Å². The second kappa shape index (κ2) is 15.4. The van der Waals surface area contributed by atoms with Crippen LogP contribution in [0, 0.1) is 29.4 Å². The van der Waals surface area contributed by atoms with Gasteiger partial charge in [-0.05, 0) is 74.4 Å². The molecule has 3 atom stereocenters. The number of halogens is 7. The number of ether oxygens (including phenoxy) is 1. The lowest BCUT2D eigenvalue weighted by Crippen LogP contribution is -2.35. The fourth-order valence-corrected chi connectivity index (χ4v) is 7.70. The SMILES string of the molecule is COCCC(=O)Nc1nn(C)c2c(-c3ccc(C#CC(C)(C)O)nc3[C@H](Cc3cc(F)cc(F)c3)NC(=O)Cn3nc(C(F)F)c4c3C(F)(F)C3C[C@H]43)ccc(Cl)c12. The minimum atomic E-state index is -3.49. The van der Waals surface area contributed by atoms with Crippen LogP contribution in [0.2, 0.25) is 5.02 Å². The topological polar surface area (TPSA) is 136 Å². The smallest absolute Gasteiger partial charge is 0.293 e. The van der Waals surface area contributed by atoms with Gasteiger partial charge < -0.3 is 20.5 Å². The van der Waals surface area contributed by atoms with Crippen LogP contribution in [-0.2, 0) is 40.3 Å². The van der Waals surface area contributed by atoms with E-state index < -0.39 is 77.2 Å². The van der Waals surface area contributed by atoms with Crippen molar-refractivity contribution in [3.8, 4) is 23.0 Å². The predicted octanol–water partition coefficient (Wildman–Crippen LogP) is 7.11. The number of aryl methyl sites for hydroxylation is 1. The summed E-state index contributed by atoms with van der Waals surface area (Å²) in [6.07, 6.45) is -3.42. The van der Waals surface area contributed by atoms with Crippen LogP contribution in [0.25, 0.3) is 22.0 Å². The maximum Gasteiger partial charge on any atom is 0.293 e. The zero-order valence-corrected chi connectivity index (χ0v) is 32.2. The molecule has 2 aliphatic rings. The van der Waals surface area contributed by atoms with Gasteiger partial charge in [0.05, 0.1) is 40.7 Å². The molecule has 0 saturated heterocycles. The maximum absolute atomic E-state index is 15.4. The van der Waals surface area contributed by atoms with Gasteiger partial charge >= 0.3 is 0 Å². The average molecular weight is 828 g/mol. The fourth-order valence-electron chi connectivity index (χ4n) is 7.46. The van der Waals surface area contributed by atoms with E-state index in [1.54, 1.807) is 25.2 Å². The zero-order valence-electron chi connectivity index (χ0n) is 31.4. The number of aromatic nitrogens is 5. The van der Waals surface area contributed by atoms with Crippen molar-refractivity contribution in [2.75, 3.05) is 19.0 Å². The number of hydrogen-bond acceptors (Lipinski definition) is 7. The summed E-state index contributed by atoms with van der Waals surface area (Å²) in [5.41, 5.74) is -1.84. The highest BCUT2D eigenvalue weighted by atomic mass is 35.5. The van der Waals surface area contributed by atoms with Crippen LogP contribution in [-0.4, -0.2) is 60.8 Å². The Hall–Kier alpha value is -5.44. The molecule has 11 nitrogen and oxygen atoms in total. The van der Waals surface area contributed by atoms with Crippen molar-refractivity contribution >= 4 is 40.1 Å². The molecule has 304 valence electrons. The van der Waals surface area contributed by atoms with E-state index in [9.17, 15) is 32.3 Å². The number of benzene rings is 2. The van der Waals surface area contributed by atoms with Crippen LogP contribution in [0.15, 0.2) is 42.5 Å². The third-order valence-corrected chi connectivity index (χ3v) is 10.2. The van der Waals surface area contributed by atoms with E-state index in [2.05, 4.69) is 32.7 Å². The number of fused-ring (bicyclic) bond motifs is 4. The second-order valence-corrected chi connectivity index (χ2v) is 15.2. The molecule has 0 bridgehead atoms. The molecule has 2 aromatic carbocycles. The molecular formula is C40H36ClF6N7O4. The predicted molar refractivity (Wildman–Crippen MR) is 200 cm³/mol. The molecule has 0 aliphatic heterocycles. The number of methoxy groups -OCH3 is 1. The first kappa shape index (κ1) is 40.7. The molecule has 7 rings (SSSR count). The van der Waals surface area contributed by atoms with Gasteiger partial charge in [-0.15, -0.1) is 0 Å². The van der Waals surface area contributed by atoms with Crippen LogP contribution >= 0.6 is 11.6 Å². The Morgan fingerprint density at radius 3 is 2.45 bits per heavy atom. The number of hydrogen-bond donors (Lipinski definition) is 3. The average Bonchev–Trinajstić information content (AvgIpc) is 3.68. The summed E-state index contributed by atoms with van der Waals surface area (Å²) in [5.74, 6) is -3.04. The summed E-state index contributed by atoms with van der Waals surface area (Å²) in [7, 11) is 3.06. The molecule has 0 spiro atoms. The Bertz CT molecular complexity index is 2500. The van der Waals surface area contributed by atoms with Gasteiger partial charge in [-0.25, -0.2) is 22.5 Å². The molecule has 2 aliphatic carbocycles. The number of pyridine rings is 1. The Morgan fingerprint density at radius 2 is 1.78 bits per heavy atom. The summed E-state index contributed by atoms with van der Waals surface area (Å²) in [6, 6.07) is 7.80. The highest BCUT2D eigenvalue weighted by Gasteiger charge is 2.67. The number of aliphatic hydroxyl groups is 1. The molecule has 3 heterocycles. The standard InChI is InChI=1S/C40H36ClF6N7O4/c1-39(2,57)11-9-22-5-6-23(24-7-8-27(41)32-35(24)53(3)52-38(32)50-29(55)10-12-58-4)33(48-22)28(15-19-13-20(42)16-21(43)14-19)49-30(56)18-54-36-31(34(51-54)37(44)45)25-17-26(25)40(36,46)47/h5-8,13-14,16,25-26,28,37,57H,10,12,15,17-18H2,1-4H3,(H,49,56)(H,50,52,55)/t25-,26?,28-/m0/s1. The summed E-state index contributed by atoms with van der Waals surface area (Å²) >= 11 is 6.69. The quantitative estimate of drug-likeness (QED) is 0.0902. The van der Waals surface area contributed by atoms with Crippen LogP contribution < -0.4 is 10.6 Å². The Labute approximate surface area is 332 Å². The summed E-state index contributed by atoms with van der Waals surface area (Å²) < 4.78 is 95.2. The minimum absolute atomic E-state index is 0.0265. The van der Waals surface area contributed by atoms with E-state index in [0.29, 0.717) is 32.8 Å². The Kier molecular flexibility index (Phi) is 10.8. The number of alkyl halides is 4. The summed E-state index contributed by atoms with van der Waals surface area (Å²) in [6.45, 7) is 2.15. The van der Waals surface area contributed by atoms with E-state index >= 15 is 8.78 Å². The normalized spacial score (nSPS) is 17.1. The monoisotopic (exact) mass is 827 g/mol. The van der Waals surface area contributed by atoms with Gasteiger partial charge in [-0.3, -0.25) is 19.0 Å². The van der Waals surface area contributed by atoms with Crippen LogP contribution in [0.1, 0.15) is 79.0 Å². The molecule has 0 radical (unpaired) electrons. The summed E-state index contributed by atoms with van der Waals surface area (Å²) in [5, 5.41) is 24.6. The van der Waals surface area contributed by atoms with Gasteiger partial charge in [0.15, 0.2) is 5.82 Å². The highest BCUT2D eigenvalue weighted by molar-refractivity contribution is 6.37. The third-order valence-electron chi connectivity index (χ3n) is 9.93. The number of anilines is 1. The van der Waals surface area contributed by atoms with Crippen molar-refractivity contribution in [3.63, 3.8) is 0 Å². The fraction of sp³-hybridized carbons (Fsp3) is 0.375. The lowest BCUT2D eigenvalue weighted by Gasteiger charge is -2.23. The minimum Gasteiger partial charge on any atom is -0.384 e. The molecule has 5 aromatic rings. The lowest BCUT2D eigenvalue weighted by molar-refractivity contribution is -0.123. The van der Waals surface area contributed by atoms with Gasteiger partial charge in [0.2, 0.25) is 11.8 Å². The first-order valence-corrected chi connectivity index (χ1v) is 18.5. The number of rotatable bonds is 12. The van der Waals surface area contributed by atoms with Crippen molar-refractivity contribution in [1.29, 1.82) is 0 Å². The van der Waals surface area contributed by atoms with E-state index in [1.165, 1.54) is 31.7 Å². The second-order valence-electron chi connectivity index (χ2n) is 14.8. The molecule has 1 saturated carbocycles. The van der Waals surface area contributed by atoms with E-state index in [-0.39, 0.29) is 59.2 Å². The number of nitrogens with zero attached hydrogens (tertiary/aromatic N) is 5. The third kappa shape index (κ3) is 8.00. The number of nitrogens with one attached hydrogen (secondary N) is 2. The summed E-state index contributed by atoms with van der Waals surface area (Å²) in [4.78, 5) is 31.4. The van der Waals surface area contributed by atoms with Crippen molar-refractivity contribution in [2.24, 2.45) is 13.0 Å². The lowest BCUT2D eigenvalue weighted by atomic mass is 9.93. The largest absolute Gasteiger partial charge is 0.384 e. The number of carbonyl (C=O) groups is 2. The van der Waals surface area contributed by atoms with E-state index in [1.807, 2.05) is 0 Å². The maximum atomic E-state index is 15.4. The first-order valence-electron chi connectivity index (χ1n) is 18.1. The molecule has 1 fully saturated rings. The number of amides is 2. The molecule has 18 heteroatoms. The number of carbonyl (C=O) groups excluding carboxylic acids is 2. The van der Waals surface area contributed by atoms with Gasteiger partial charge in [-0.2, -0.15) is 19.0 Å². The molecule has 58 heavy (non-hydrogen) atoms. The zero-order chi connectivity index (χ0) is 41.8. The van der Waals surface area contributed by atoms with Crippen LogP contribution in [0.5, 0.6) is 0 Å². The molecule has 3 N–H and O–H groups in total. The van der Waals surface area contributed by atoms with Crippen molar-refractivity contribution in [3.05, 3.63) is 93.0 Å².